The third-order valence-corrected chi connectivity index (χ3v) is 4.55. The van der Waals surface area contributed by atoms with Crippen LogP contribution in [0.3, 0.4) is 0 Å². The number of allylic oxidation sites excluding steroid dienone is 1. The molecule has 3 heterocycles. The standard InChI is InChI=1S/C15H8F3N5OS/c16-15(17,18)13-22-23-11(19)9(12(24)21-14(23)25-13)5-7-6-20-10-4-2-1-3-8(7)10/h1-6H,19H2. The van der Waals surface area contributed by atoms with E-state index < -0.39 is 16.7 Å². The number of hydrogen-bond acceptors (Lipinski definition) is 6. The van der Waals surface area contributed by atoms with Gasteiger partial charge in [0, 0.05) is 17.4 Å². The van der Waals surface area contributed by atoms with Crippen LogP contribution in [0.1, 0.15) is 16.1 Å². The molecule has 0 unspecified atom stereocenters. The van der Waals surface area contributed by atoms with Crippen molar-refractivity contribution in [2.45, 2.75) is 6.18 Å². The molecule has 2 N–H and O–H groups in total. The average molecular weight is 363 g/mol. The van der Waals surface area contributed by atoms with Crippen LogP contribution in [0.2, 0.25) is 0 Å². The fraction of sp³-hybridized carbons (Fsp3) is 0.0667. The summed E-state index contributed by atoms with van der Waals surface area (Å²) in [5, 5.41) is 2.30. The van der Waals surface area contributed by atoms with Crippen molar-refractivity contribution in [2.24, 2.45) is 4.99 Å². The maximum atomic E-state index is 12.8. The smallest absolute Gasteiger partial charge is 0.383 e. The highest BCUT2D eigenvalue weighted by atomic mass is 32.1. The molecular weight excluding hydrogens is 355 g/mol. The van der Waals surface area contributed by atoms with Gasteiger partial charge in [0.2, 0.25) is 9.97 Å². The topological polar surface area (TPSA) is 85.6 Å². The number of aliphatic imine (C=N–C) groups is 1. The molecule has 1 aromatic carbocycles. The van der Waals surface area contributed by atoms with Crippen molar-refractivity contribution in [1.29, 1.82) is 0 Å². The Morgan fingerprint density at radius 1 is 1.24 bits per heavy atom. The van der Waals surface area contributed by atoms with Crippen LogP contribution in [0, 0.1) is 0 Å². The molecule has 0 amide bonds. The van der Waals surface area contributed by atoms with Gasteiger partial charge in [-0.15, -0.1) is 5.10 Å². The summed E-state index contributed by atoms with van der Waals surface area (Å²) in [6, 6.07) is 7.26. The molecule has 4 rings (SSSR count). The molecule has 0 radical (unpaired) electrons. The van der Waals surface area contributed by atoms with Gasteiger partial charge in [-0.1, -0.05) is 29.5 Å². The zero-order valence-corrected chi connectivity index (χ0v) is 13.1. The number of hydrogen-bond donors (Lipinski definition) is 1. The predicted molar refractivity (Wildman–Crippen MR) is 89.0 cm³/mol. The van der Waals surface area contributed by atoms with Gasteiger partial charge in [-0.2, -0.15) is 22.7 Å². The van der Waals surface area contributed by atoms with E-state index in [1.54, 1.807) is 12.3 Å². The van der Waals surface area contributed by atoms with Crippen LogP contribution in [0.5, 0.6) is 0 Å². The number of nitrogen functional groups attached to an aromatic ring is 1. The van der Waals surface area contributed by atoms with E-state index >= 15 is 0 Å². The summed E-state index contributed by atoms with van der Waals surface area (Å²) in [6.45, 7) is 0. The zero-order valence-electron chi connectivity index (χ0n) is 12.3. The molecule has 25 heavy (non-hydrogen) atoms. The van der Waals surface area contributed by atoms with Gasteiger partial charge in [0.1, 0.15) is 5.82 Å². The lowest BCUT2D eigenvalue weighted by atomic mass is 10.1. The van der Waals surface area contributed by atoms with Gasteiger partial charge in [-0.3, -0.25) is 9.79 Å². The maximum absolute atomic E-state index is 12.8. The van der Waals surface area contributed by atoms with Crippen molar-refractivity contribution >= 4 is 45.7 Å². The second-order valence-electron chi connectivity index (χ2n) is 5.19. The highest BCUT2D eigenvalue weighted by molar-refractivity contribution is 7.16. The first kappa shape index (κ1) is 15.5. The first-order valence-electron chi connectivity index (χ1n) is 6.96. The Labute approximate surface area is 141 Å². The number of para-hydroxylation sites is 1. The second-order valence-corrected chi connectivity index (χ2v) is 6.15. The number of nitrogens with two attached hydrogens (primary N) is 1. The van der Waals surface area contributed by atoms with Gasteiger partial charge in [-0.25, -0.2) is 0 Å². The predicted octanol–water partition coefficient (Wildman–Crippen LogP) is 3.01. The number of alkyl halides is 3. The summed E-state index contributed by atoms with van der Waals surface area (Å²) in [5.74, 6) is -0.202. The SMILES string of the molecule is Nc1c(C=C2C=Nc3ccccc32)c(=O)nc2sc(C(F)(F)F)nn12. The van der Waals surface area contributed by atoms with E-state index in [9.17, 15) is 18.0 Å². The molecule has 1 aliphatic heterocycles. The summed E-state index contributed by atoms with van der Waals surface area (Å²) in [7, 11) is 0. The number of fused-ring (bicyclic) bond motifs is 2. The van der Waals surface area contributed by atoms with Crippen LogP contribution in [0.15, 0.2) is 34.1 Å². The van der Waals surface area contributed by atoms with Crippen molar-refractivity contribution in [3.8, 4) is 0 Å². The Morgan fingerprint density at radius 3 is 2.76 bits per heavy atom. The largest absolute Gasteiger partial charge is 0.445 e. The van der Waals surface area contributed by atoms with Crippen LogP contribution in [0.4, 0.5) is 24.7 Å². The van der Waals surface area contributed by atoms with Gasteiger partial charge < -0.3 is 5.73 Å². The van der Waals surface area contributed by atoms with Gasteiger partial charge in [0.15, 0.2) is 0 Å². The number of aromatic nitrogens is 3. The Morgan fingerprint density at radius 2 is 2.00 bits per heavy atom. The minimum atomic E-state index is -4.64. The van der Waals surface area contributed by atoms with Crippen molar-refractivity contribution in [2.75, 3.05) is 5.73 Å². The van der Waals surface area contributed by atoms with E-state index in [4.69, 9.17) is 5.73 Å². The first-order valence-corrected chi connectivity index (χ1v) is 7.78. The summed E-state index contributed by atoms with van der Waals surface area (Å²) in [5.41, 5.74) is 7.27. The van der Waals surface area contributed by atoms with Crippen molar-refractivity contribution in [3.05, 3.63) is 50.8 Å². The molecule has 0 aliphatic carbocycles. The Balaban J connectivity index is 1.91. The second kappa shape index (κ2) is 5.24. The fourth-order valence-electron chi connectivity index (χ4n) is 2.44. The molecule has 0 fully saturated rings. The summed E-state index contributed by atoms with van der Waals surface area (Å²) in [6.07, 6.45) is -1.62. The van der Waals surface area contributed by atoms with Crippen LogP contribution < -0.4 is 11.3 Å². The monoisotopic (exact) mass is 363 g/mol. The molecule has 2 aromatic heterocycles. The lowest BCUT2D eigenvalue weighted by molar-refractivity contribution is -0.138. The van der Waals surface area contributed by atoms with Crippen LogP contribution >= 0.6 is 11.3 Å². The minimum Gasteiger partial charge on any atom is -0.383 e. The molecule has 10 heteroatoms. The third-order valence-electron chi connectivity index (χ3n) is 3.59. The summed E-state index contributed by atoms with van der Waals surface area (Å²) >= 11 is 0.261. The lowest BCUT2D eigenvalue weighted by Crippen LogP contribution is -2.17. The highest BCUT2D eigenvalue weighted by Crippen LogP contribution is 2.34. The zero-order chi connectivity index (χ0) is 17.8. The molecule has 126 valence electrons. The number of anilines is 1. The lowest BCUT2D eigenvalue weighted by Gasteiger charge is -2.03. The Kier molecular flexibility index (Phi) is 3.25. The Bertz CT molecular complexity index is 1130. The van der Waals surface area contributed by atoms with Gasteiger partial charge in [0.25, 0.3) is 5.56 Å². The fourth-order valence-corrected chi connectivity index (χ4v) is 3.21. The van der Waals surface area contributed by atoms with Crippen LogP contribution in [-0.4, -0.2) is 20.8 Å². The number of nitrogens with zero attached hydrogens (tertiary/aromatic N) is 4. The highest BCUT2D eigenvalue weighted by Gasteiger charge is 2.36. The van der Waals surface area contributed by atoms with Gasteiger partial charge in [-0.05, 0) is 12.1 Å². The molecule has 0 atom stereocenters. The van der Waals surface area contributed by atoms with Crippen LogP contribution in [0.25, 0.3) is 16.6 Å². The summed E-state index contributed by atoms with van der Waals surface area (Å²) in [4.78, 5) is 19.9. The van der Waals surface area contributed by atoms with Crippen LogP contribution in [-0.2, 0) is 6.18 Å². The van der Waals surface area contributed by atoms with E-state index in [0.717, 1.165) is 15.8 Å². The van der Waals surface area contributed by atoms with Crippen molar-refractivity contribution in [3.63, 3.8) is 0 Å². The van der Waals surface area contributed by atoms with Crippen molar-refractivity contribution < 1.29 is 13.2 Å². The minimum absolute atomic E-state index is 0.0327. The number of rotatable bonds is 1. The molecular formula is C15H8F3N5OS. The maximum Gasteiger partial charge on any atom is 0.445 e. The molecule has 6 nitrogen and oxygen atoms in total. The molecule has 0 bridgehead atoms. The van der Waals surface area contributed by atoms with E-state index in [-0.39, 0.29) is 27.7 Å². The quantitative estimate of drug-likeness (QED) is 0.720. The molecule has 0 saturated carbocycles. The van der Waals surface area contributed by atoms with E-state index in [1.165, 1.54) is 6.08 Å². The van der Waals surface area contributed by atoms with Gasteiger partial charge >= 0.3 is 6.18 Å². The normalized spacial score (nSPS) is 15.2. The molecule has 0 saturated heterocycles. The average Bonchev–Trinajstić information content (AvgIpc) is 3.15. The summed E-state index contributed by atoms with van der Waals surface area (Å²) < 4.78 is 39.3. The van der Waals surface area contributed by atoms with Gasteiger partial charge in [0.05, 0.1) is 11.3 Å². The molecule has 3 aromatic rings. The molecule has 1 aliphatic rings. The van der Waals surface area contributed by atoms with E-state index in [1.807, 2.05) is 18.2 Å². The molecule has 0 spiro atoms. The Hall–Kier alpha value is -3.01. The number of benzene rings is 1. The first-order chi connectivity index (χ1) is 11.8. The van der Waals surface area contributed by atoms with E-state index in [0.29, 0.717) is 5.57 Å². The van der Waals surface area contributed by atoms with E-state index in [2.05, 4.69) is 15.1 Å². The van der Waals surface area contributed by atoms with Crippen molar-refractivity contribution in [1.82, 2.24) is 14.6 Å². The number of halogens is 3. The third kappa shape index (κ3) is 2.50.